The number of halogens is 3. The highest BCUT2D eigenvalue weighted by molar-refractivity contribution is 7.13. The van der Waals surface area contributed by atoms with Crippen LogP contribution in [0.5, 0.6) is 0 Å². The Kier molecular flexibility index (Phi) is 10.2. The molecule has 260 valence electrons. The van der Waals surface area contributed by atoms with Crippen molar-refractivity contribution in [2.75, 3.05) is 64.3 Å². The number of amides is 2. The molecule has 0 aliphatic carbocycles. The Labute approximate surface area is 282 Å². The molecule has 2 saturated heterocycles. The highest BCUT2D eigenvalue weighted by Gasteiger charge is 2.34. The Morgan fingerprint density at radius 1 is 1.08 bits per heavy atom. The van der Waals surface area contributed by atoms with E-state index in [1.807, 2.05) is 4.57 Å². The normalized spacial score (nSPS) is 17.7. The molecular weight excluding hydrogens is 665 g/mol. The van der Waals surface area contributed by atoms with E-state index >= 15 is 0 Å². The molecule has 2 aliphatic heterocycles. The lowest BCUT2D eigenvalue weighted by atomic mass is 10.0. The molecule has 0 aromatic carbocycles. The maximum Gasteiger partial charge on any atom is 0.434 e. The van der Waals surface area contributed by atoms with Crippen LogP contribution in [0.15, 0.2) is 40.9 Å². The number of thiazole rings is 1. The molecule has 1 atom stereocenters. The zero-order valence-electron chi connectivity index (χ0n) is 26.6. The molecule has 0 saturated carbocycles. The fraction of sp³-hybridized carbons (Fsp3) is 0.438. The van der Waals surface area contributed by atoms with E-state index in [1.54, 1.807) is 6.92 Å². The number of likely N-dealkylation sites (tertiary alicyclic amines) is 1. The van der Waals surface area contributed by atoms with Crippen LogP contribution in [-0.4, -0.2) is 105 Å². The number of pyridine rings is 3. The van der Waals surface area contributed by atoms with E-state index in [9.17, 15) is 32.7 Å². The van der Waals surface area contributed by atoms with Gasteiger partial charge >= 0.3 is 18.2 Å². The Bertz CT molecular complexity index is 1910. The van der Waals surface area contributed by atoms with E-state index in [1.165, 1.54) is 30.7 Å². The number of alkyl halides is 3. The summed E-state index contributed by atoms with van der Waals surface area (Å²) in [5.41, 5.74) is -1.15. The first-order valence-corrected chi connectivity index (χ1v) is 16.8. The van der Waals surface area contributed by atoms with Gasteiger partial charge in [-0.15, -0.1) is 11.3 Å². The molecular formula is C32H35F3N8O5S. The lowest BCUT2D eigenvalue weighted by Crippen LogP contribution is -2.44. The van der Waals surface area contributed by atoms with Crippen LogP contribution < -0.4 is 16.1 Å². The summed E-state index contributed by atoms with van der Waals surface area (Å²) in [4.78, 5) is 55.4. The molecule has 0 bridgehead atoms. The summed E-state index contributed by atoms with van der Waals surface area (Å²) in [6.45, 7) is 8.55. The lowest BCUT2D eigenvalue weighted by molar-refractivity contribution is -0.140. The fourth-order valence-electron chi connectivity index (χ4n) is 6.17. The zero-order valence-corrected chi connectivity index (χ0v) is 27.4. The number of carboxylic acids is 1. The highest BCUT2D eigenvalue weighted by atomic mass is 32.1. The second-order valence-electron chi connectivity index (χ2n) is 11.9. The highest BCUT2D eigenvalue weighted by Crippen LogP contribution is 2.38. The molecule has 49 heavy (non-hydrogen) atoms. The van der Waals surface area contributed by atoms with Gasteiger partial charge in [0.1, 0.15) is 16.4 Å². The Hall–Kier alpha value is -4.45. The summed E-state index contributed by atoms with van der Waals surface area (Å²) in [5.74, 6) is -1.31. The van der Waals surface area contributed by atoms with Gasteiger partial charge in [-0.2, -0.15) is 13.2 Å². The predicted octanol–water partition coefficient (Wildman–Crippen LogP) is 4.41. The van der Waals surface area contributed by atoms with Crippen molar-refractivity contribution in [3.63, 3.8) is 0 Å². The second kappa shape index (κ2) is 14.6. The van der Waals surface area contributed by atoms with Gasteiger partial charge in [-0.1, -0.05) is 0 Å². The molecule has 6 heterocycles. The van der Waals surface area contributed by atoms with Crippen LogP contribution in [0, 0.1) is 0 Å². The van der Waals surface area contributed by atoms with Crippen molar-refractivity contribution in [2.45, 2.75) is 32.0 Å². The molecule has 2 fully saturated rings. The van der Waals surface area contributed by atoms with Gasteiger partial charge in [-0.25, -0.2) is 19.6 Å². The zero-order chi connectivity index (χ0) is 34.7. The third kappa shape index (κ3) is 7.74. The number of carbonyl (C=O) groups is 2. The number of rotatable bonds is 9. The predicted molar refractivity (Wildman–Crippen MR) is 177 cm³/mol. The van der Waals surface area contributed by atoms with Crippen molar-refractivity contribution in [1.82, 2.24) is 34.6 Å². The summed E-state index contributed by atoms with van der Waals surface area (Å²) < 4.78 is 47.8. The Balaban J connectivity index is 1.39. The van der Waals surface area contributed by atoms with Crippen molar-refractivity contribution in [2.24, 2.45) is 0 Å². The summed E-state index contributed by atoms with van der Waals surface area (Å²) in [6, 6.07) is 2.14. The second-order valence-corrected chi connectivity index (χ2v) is 12.7. The summed E-state index contributed by atoms with van der Waals surface area (Å²) in [7, 11) is 0. The molecule has 4 aromatic rings. The minimum Gasteiger partial charge on any atom is -0.477 e. The van der Waals surface area contributed by atoms with Gasteiger partial charge in [0, 0.05) is 74.2 Å². The van der Waals surface area contributed by atoms with Gasteiger partial charge in [-0.3, -0.25) is 20.0 Å². The maximum atomic E-state index is 13.6. The maximum absolute atomic E-state index is 13.6. The summed E-state index contributed by atoms with van der Waals surface area (Å²) in [6.07, 6.45) is 1.17. The molecule has 0 spiro atoms. The fourth-order valence-corrected chi connectivity index (χ4v) is 7.03. The number of fused-ring (bicyclic) bond motifs is 1. The summed E-state index contributed by atoms with van der Waals surface area (Å²) in [5, 5.41) is 16.1. The van der Waals surface area contributed by atoms with E-state index in [0.29, 0.717) is 31.8 Å². The van der Waals surface area contributed by atoms with Gasteiger partial charge in [0.05, 0.1) is 36.0 Å². The average molecular weight is 701 g/mol. The molecule has 4 aromatic heterocycles. The standard InChI is InChI=1S/C32H35F3N8O5S/c1-2-36-31(47)40-27-13-20(29-39-26(18-49-29)32(33,34)35)22(14-38-27)24-12-21-25(15-37-24)43(17-23(28(21)44)30(45)46)19-4-3-5-42(16-19)7-6-41-8-10-48-11-9-41/h12-15,17-19H,2-11,16H2,1H3,(H,45,46)(H2,36,38,40,47)/t19-/m1/s1. The van der Waals surface area contributed by atoms with E-state index in [2.05, 4.69) is 35.4 Å². The molecule has 3 N–H and O–H groups in total. The van der Waals surface area contributed by atoms with E-state index in [-0.39, 0.29) is 39.1 Å². The number of carbonyl (C=O) groups excluding carboxylic acids is 1. The SMILES string of the molecule is CCNC(=O)Nc1cc(-c2nc(C(F)(F)F)cs2)c(-c2cc3c(=O)c(C(=O)O)cn([C@@H]4CCCN(CCN5CCOCC5)C4)c3cn2)cn1. The molecule has 2 amide bonds. The van der Waals surface area contributed by atoms with Crippen LogP contribution in [0.2, 0.25) is 0 Å². The number of piperidine rings is 1. The van der Waals surface area contributed by atoms with Crippen LogP contribution in [-0.2, 0) is 10.9 Å². The number of nitrogens with one attached hydrogen (secondary N) is 2. The van der Waals surface area contributed by atoms with Gasteiger partial charge in [0.25, 0.3) is 0 Å². The monoisotopic (exact) mass is 700 g/mol. The quantitative estimate of drug-likeness (QED) is 0.229. The largest absolute Gasteiger partial charge is 0.477 e. The smallest absolute Gasteiger partial charge is 0.434 e. The van der Waals surface area contributed by atoms with E-state index in [4.69, 9.17) is 4.74 Å². The molecule has 17 heteroatoms. The van der Waals surface area contributed by atoms with Gasteiger partial charge < -0.3 is 24.6 Å². The number of nitrogens with zero attached hydrogens (tertiary/aromatic N) is 6. The first-order chi connectivity index (χ1) is 23.5. The molecule has 2 aliphatic rings. The van der Waals surface area contributed by atoms with Crippen LogP contribution in [0.1, 0.15) is 41.9 Å². The Morgan fingerprint density at radius 3 is 2.57 bits per heavy atom. The molecule has 0 unspecified atom stereocenters. The van der Waals surface area contributed by atoms with Crippen LogP contribution in [0.25, 0.3) is 32.7 Å². The van der Waals surface area contributed by atoms with Gasteiger partial charge in [0.15, 0.2) is 5.69 Å². The first-order valence-electron chi connectivity index (χ1n) is 15.9. The van der Waals surface area contributed by atoms with E-state index < -0.39 is 34.9 Å². The third-order valence-electron chi connectivity index (χ3n) is 8.64. The van der Waals surface area contributed by atoms with Crippen molar-refractivity contribution in [3.05, 3.63) is 57.6 Å². The first kappa shape index (κ1) is 34.4. The van der Waals surface area contributed by atoms with Gasteiger partial charge in [-0.05, 0) is 38.4 Å². The number of hydrogen-bond acceptors (Lipinski definition) is 10. The van der Waals surface area contributed by atoms with E-state index in [0.717, 1.165) is 62.3 Å². The van der Waals surface area contributed by atoms with Crippen LogP contribution >= 0.6 is 11.3 Å². The average Bonchev–Trinajstić information content (AvgIpc) is 3.60. The Morgan fingerprint density at radius 2 is 1.86 bits per heavy atom. The number of morpholine rings is 1. The topological polar surface area (TPSA) is 155 Å². The number of carboxylic acid groups (broad SMARTS) is 1. The van der Waals surface area contributed by atoms with Crippen molar-refractivity contribution in [3.8, 4) is 21.8 Å². The third-order valence-corrected chi connectivity index (χ3v) is 9.52. The number of hydrogen-bond donors (Lipinski definition) is 3. The molecule has 0 radical (unpaired) electrons. The minimum absolute atomic E-state index is 0.0124. The van der Waals surface area contributed by atoms with Crippen LogP contribution in [0.3, 0.4) is 0 Å². The van der Waals surface area contributed by atoms with Crippen molar-refractivity contribution >= 4 is 40.1 Å². The van der Waals surface area contributed by atoms with Crippen molar-refractivity contribution < 1.29 is 32.6 Å². The number of urea groups is 1. The summed E-state index contributed by atoms with van der Waals surface area (Å²) >= 11 is 0.751. The van der Waals surface area contributed by atoms with Gasteiger partial charge in [0.2, 0.25) is 5.43 Å². The number of ether oxygens (including phenoxy) is 1. The number of anilines is 1. The molecule has 6 rings (SSSR count). The number of aromatic carboxylic acids is 1. The van der Waals surface area contributed by atoms with Crippen LogP contribution in [0.4, 0.5) is 23.8 Å². The number of aromatic nitrogens is 4. The minimum atomic E-state index is -4.68. The van der Waals surface area contributed by atoms with Crippen molar-refractivity contribution in [1.29, 1.82) is 0 Å². The lowest BCUT2D eigenvalue weighted by Gasteiger charge is -2.36. The molecule has 13 nitrogen and oxygen atoms in total.